The Hall–Kier alpha value is -2.70. The molecule has 0 N–H and O–H groups in total. The Labute approximate surface area is 197 Å². The van der Waals surface area contributed by atoms with Crippen LogP contribution in [0.1, 0.15) is 53.5 Å². The largest absolute Gasteiger partial charge is 0.377 e. The van der Waals surface area contributed by atoms with E-state index in [4.69, 9.17) is 9.72 Å². The van der Waals surface area contributed by atoms with Crippen LogP contribution in [0.5, 0.6) is 0 Å². The van der Waals surface area contributed by atoms with E-state index < -0.39 is 0 Å². The van der Waals surface area contributed by atoms with E-state index in [0.717, 1.165) is 62.3 Å². The Kier molecular flexibility index (Phi) is 7.78. The summed E-state index contributed by atoms with van der Waals surface area (Å²) in [6.45, 7) is 8.28. The Morgan fingerprint density at radius 2 is 2.03 bits per heavy atom. The molecule has 1 aliphatic rings. The maximum atomic E-state index is 13.5. The first-order valence-corrected chi connectivity index (χ1v) is 12.2. The number of carbonyl (C=O) groups is 1. The molecule has 0 saturated carbocycles. The molecule has 2 aromatic heterocycles. The number of amides is 1. The van der Waals surface area contributed by atoms with Crippen LogP contribution in [0, 0.1) is 6.92 Å². The molecule has 1 atom stereocenters. The predicted octanol–water partition coefficient (Wildman–Crippen LogP) is 4.35. The molecule has 1 aromatic carbocycles. The molecule has 1 unspecified atom stereocenters. The van der Waals surface area contributed by atoms with Gasteiger partial charge < -0.3 is 14.0 Å². The van der Waals surface area contributed by atoms with Gasteiger partial charge in [0.2, 0.25) is 0 Å². The van der Waals surface area contributed by atoms with Crippen molar-refractivity contribution in [1.82, 2.24) is 19.2 Å². The molecule has 0 bridgehead atoms. The average Bonchev–Trinajstić information content (AvgIpc) is 3.21. The highest BCUT2D eigenvalue weighted by Crippen LogP contribution is 2.22. The third-order valence-corrected chi connectivity index (χ3v) is 6.47. The highest BCUT2D eigenvalue weighted by molar-refractivity contribution is 5.94. The Morgan fingerprint density at radius 3 is 2.82 bits per heavy atom. The van der Waals surface area contributed by atoms with Crippen molar-refractivity contribution in [3.8, 4) is 0 Å². The van der Waals surface area contributed by atoms with E-state index in [0.29, 0.717) is 18.8 Å². The highest BCUT2D eigenvalue weighted by atomic mass is 16.5. The molecule has 1 amide bonds. The number of piperidine rings is 1. The van der Waals surface area contributed by atoms with Gasteiger partial charge in [-0.1, -0.05) is 43.3 Å². The van der Waals surface area contributed by atoms with E-state index in [1.165, 1.54) is 5.56 Å². The molecule has 176 valence electrons. The molecule has 3 aromatic rings. The molecule has 1 aliphatic heterocycles. The third kappa shape index (κ3) is 5.63. The minimum Gasteiger partial charge on any atom is -0.377 e. The molecular weight excluding hydrogens is 412 g/mol. The van der Waals surface area contributed by atoms with Crippen molar-refractivity contribution in [2.75, 3.05) is 33.3 Å². The molecule has 1 saturated heterocycles. The van der Waals surface area contributed by atoms with Gasteiger partial charge in [0, 0.05) is 39.5 Å². The lowest BCUT2D eigenvalue weighted by atomic mass is 10.1. The number of benzene rings is 1. The van der Waals surface area contributed by atoms with Gasteiger partial charge >= 0.3 is 0 Å². The Balaban J connectivity index is 1.55. The molecule has 6 nitrogen and oxygen atoms in total. The lowest BCUT2D eigenvalue weighted by Crippen LogP contribution is -2.40. The van der Waals surface area contributed by atoms with Crippen molar-refractivity contribution >= 4 is 11.6 Å². The fourth-order valence-corrected chi connectivity index (χ4v) is 4.59. The van der Waals surface area contributed by atoms with Gasteiger partial charge in [-0.05, 0) is 56.3 Å². The minimum absolute atomic E-state index is 0.0141. The molecule has 0 spiro atoms. The first kappa shape index (κ1) is 23.5. The van der Waals surface area contributed by atoms with Crippen LogP contribution in [0.25, 0.3) is 5.65 Å². The second-order valence-electron chi connectivity index (χ2n) is 9.12. The van der Waals surface area contributed by atoms with Gasteiger partial charge in [-0.25, -0.2) is 4.98 Å². The molecule has 4 rings (SSSR count). The topological polar surface area (TPSA) is 50.1 Å². The summed E-state index contributed by atoms with van der Waals surface area (Å²) in [7, 11) is 1.88. The first-order valence-electron chi connectivity index (χ1n) is 12.2. The van der Waals surface area contributed by atoms with Gasteiger partial charge in [0.05, 0.1) is 11.8 Å². The van der Waals surface area contributed by atoms with Crippen LogP contribution in [0.3, 0.4) is 0 Å². The second-order valence-corrected chi connectivity index (χ2v) is 9.12. The minimum atomic E-state index is -0.0141. The number of hydrogen-bond acceptors (Lipinski definition) is 4. The van der Waals surface area contributed by atoms with Gasteiger partial charge in [0.25, 0.3) is 5.91 Å². The lowest BCUT2D eigenvalue weighted by Gasteiger charge is -2.32. The maximum Gasteiger partial charge on any atom is 0.274 e. The van der Waals surface area contributed by atoms with Crippen LogP contribution >= 0.6 is 0 Å². The van der Waals surface area contributed by atoms with Crippen molar-refractivity contribution in [1.29, 1.82) is 0 Å². The number of nitrogens with zero attached hydrogens (tertiary/aromatic N) is 4. The summed E-state index contributed by atoms with van der Waals surface area (Å²) in [6.07, 6.45) is 6.39. The number of hydrogen-bond donors (Lipinski definition) is 0. The quantitative estimate of drug-likeness (QED) is 0.488. The molecule has 3 heterocycles. The van der Waals surface area contributed by atoms with Crippen LogP contribution in [-0.2, 0) is 17.7 Å². The number of likely N-dealkylation sites (tertiary alicyclic amines) is 1. The van der Waals surface area contributed by atoms with Crippen molar-refractivity contribution in [2.24, 2.45) is 0 Å². The van der Waals surface area contributed by atoms with E-state index in [9.17, 15) is 4.79 Å². The zero-order chi connectivity index (χ0) is 23.2. The number of aromatic nitrogens is 2. The van der Waals surface area contributed by atoms with Crippen molar-refractivity contribution in [2.45, 2.75) is 52.2 Å². The van der Waals surface area contributed by atoms with Crippen molar-refractivity contribution < 1.29 is 9.53 Å². The zero-order valence-corrected chi connectivity index (χ0v) is 20.2. The van der Waals surface area contributed by atoms with Crippen LogP contribution in [0.2, 0.25) is 0 Å². The smallest absolute Gasteiger partial charge is 0.274 e. The standard InChI is InChI=1S/C27H36N4O2/c1-4-18-33-23-13-9-15-30(19-23)20-24-25(28-26-21(2)10-8-16-31(24)26)27(32)29(3)17-14-22-11-6-5-7-12-22/h5-8,10-12,16,23H,4,9,13-15,17-20H2,1-3H3. The number of carbonyl (C=O) groups excluding carboxylic acids is 1. The van der Waals surface area contributed by atoms with Gasteiger partial charge in [0.1, 0.15) is 5.65 Å². The summed E-state index contributed by atoms with van der Waals surface area (Å²) >= 11 is 0. The number of pyridine rings is 1. The summed E-state index contributed by atoms with van der Waals surface area (Å²) in [5.74, 6) is -0.0141. The summed E-state index contributed by atoms with van der Waals surface area (Å²) in [4.78, 5) is 22.6. The third-order valence-electron chi connectivity index (χ3n) is 6.47. The summed E-state index contributed by atoms with van der Waals surface area (Å²) in [5.41, 5.74) is 4.71. The second kappa shape index (κ2) is 10.9. The zero-order valence-electron chi connectivity index (χ0n) is 20.2. The van der Waals surface area contributed by atoms with Crippen molar-refractivity contribution in [3.63, 3.8) is 0 Å². The summed E-state index contributed by atoms with van der Waals surface area (Å²) in [5, 5.41) is 0. The van der Waals surface area contributed by atoms with Crippen molar-refractivity contribution in [3.05, 3.63) is 71.2 Å². The van der Waals surface area contributed by atoms with E-state index in [1.807, 2.05) is 37.5 Å². The van der Waals surface area contributed by atoms with E-state index in [2.05, 4.69) is 41.3 Å². The van der Waals surface area contributed by atoms with E-state index >= 15 is 0 Å². The molecular formula is C27H36N4O2. The van der Waals surface area contributed by atoms with Gasteiger partial charge in [-0.15, -0.1) is 0 Å². The molecule has 0 aliphatic carbocycles. The van der Waals surface area contributed by atoms with Gasteiger partial charge in [-0.3, -0.25) is 9.69 Å². The number of rotatable bonds is 9. The number of imidazole rings is 1. The average molecular weight is 449 g/mol. The van der Waals surface area contributed by atoms with Crippen LogP contribution < -0.4 is 0 Å². The van der Waals surface area contributed by atoms with Crippen LogP contribution in [-0.4, -0.2) is 64.5 Å². The molecule has 6 heteroatoms. The number of fused-ring (bicyclic) bond motifs is 1. The highest BCUT2D eigenvalue weighted by Gasteiger charge is 2.27. The SMILES string of the molecule is CCCOC1CCCN(Cc2c(C(=O)N(C)CCc3ccccc3)nc3c(C)cccn23)C1. The number of likely N-dealkylation sites (N-methyl/N-ethyl adjacent to an activating group) is 1. The van der Waals surface area contributed by atoms with E-state index in [-0.39, 0.29) is 12.0 Å². The number of aryl methyl sites for hydroxylation is 1. The first-order chi connectivity index (χ1) is 16.1. The molecule has 1 fully saturated rings. The van der Waals surface area contributed by atoms with Crippen LogP contribution in [0.4, 0.5) is 0 Å². The Morgan fingerprint density at radius 1 is 1.21 bits per heavy atom. The monoisotopic (exact) mass is 448 g/mol. The summed E-state index contributed by atoms with van der Waals surface area (Å²) < 4.78 is 8.14. The fourth-order valence-electron chi connectivity index (χ4n) is 4.59. The fraction of sp³-hybridized carbons (Fsp3) is 0.481. The predicted molar refractivity (Wildman–Crippen MR) is 132 cm³/mol. The van der Waals surface area contributed by atoms with Gasteiger partial charge in [0.15, 0.2) is 5.69 Å². The van der Waals surface area contributed by atoms with E-state index in [1.54, 1.807) is 4.90 Å². The Bertz CT molecular complexity index is 1060. The molecule has 0 radical (unpaired) electrons. The lowest BCUT2D eigenvalue weighted by molar-refractivity contribution is -0.00264. The summed E-state index contributed by atoms with van der Waals surface area (Å²) in [6, 6.07) is 14.4. The maximum absolute atomic E-state index is 13.5. The normalized spacial score (nSPS) is 16.9. The van der Waals surface area contributed by atoms with Gasteiger partial charge in [-0.2, -0.15) is 0 Å². The van der Waals surface area contributed by atoms with Crippen LogP contribution in [0.15, 0.2) is 48.7 Å². The number of ether oxygens (including phenoxy) is 1. The molecule has 33 heavy (non-hydrogen) atoms.